The van der Waals surface area contributed by atoms with Crippen LogP contribution in [0.25, 0.3) is 0 Å². The summed E-state index contributed by atoms with van der Waals surface area (Å²) in [7, 11) is 0. The standard InChI is InChI=1S/C13H18N2O5/c1-7-3-15(12(18)14-11(7)17)9-4-20-13(5-16)6-19-10(9)8(13)2/h3,8-10,16H,4-6H2,1-2H3,(H,14,17,18)/t8-,9+,10+,13-/m0/s1. The Morgan fingerprint density at radius 3 is 3.00 bits per heavy atom. The highest BCUT2D eigenvalue weighted by molar-refractivity contribution is 5.07. The maximum Gasteiger partial charge on any atom is 0.328 e. The first-order chi connectivity index (χ1) is 9.48. The van der Waals surface area contributed by atoms with Crippen LogP contribution in [0, 0.1) is 12.8 Å². The molecule has 3 rings (SSSR count). The Morgan fingerprint density at radius 1 is 1.55 bits per heavy atom. The van der Waals surface area contributed by atoms with Crippen molar-refractivity contribution >= 4 is 0 Å². The van der Waals surface area contributed by atoms with Gasteiger partial charge in [-0.2, -0.15) is 0 Å². The van der Waals surface area contributed by atoms with Gasteiger partial charge in [-0.15, -0.1) is 0 Å². The lowest BCUT2D eigenvalue weighted by atomic mass is 9.83. The van der Waals surface area contributed by atoms with E-state index in [4.69, 9.17) is 9.47 Å². The molecule has 2 N–H and O–H groups in total. The van der Waals surface area contributed by atoms with E-state index in [0.717, 1.165) is 0 Å². The van der Waals surface area contributed by atoms with Crippen molar-refractivity contribution in [2.45, 2.75) is 31.6 Å². The summed E-state index contributed by atoms with van der Waals surface area (Å²) in [6.07, 6.45) is 1.33. The molecule has 2 aliphatic rings. The number of aromatic nitrogens is 2. The number of hydrogen-bond donors (Lipinski definition) is 2. The van der Waals surface area contributed by atoms with Crippen molar-refractivity contribution in [3.63, 3.8) is 0 Å². The normalized spacial score (nSPS) is 36.2. The van der Waals surface area contributed by atoms with Gasteiger partial charge in [-0.1, -0.05) is 6.92 Å². The molecule has 20 heavy (non-hydrogen) atoms. The molecule has 0 radical (unpaired) electrons. The third kappa shape index (κ3) is 1.77. The number of ether oxygens (including phenoxy) is 2. The number of rotatable bonds is 2. The van der Waals surface area contributed by atoms with Gasteiger partial charge in [0.2, 0.25) is 0 Å². The summed E-state index contributed by atoms with van der Waals surface area (Å²) in [5.74, 6) is -0.0228. The zero-order valence-electron chi connectivity index (χ0n) is 11.5. The first kappa shape index (κ1) is 13.5. The number of aromatic amines is 1. The number of aryl methyl sites for hydroxylation is 1. The minimum Gasteiger partial charge on any atom is -0.393 e. The van der Waals surface area contributed by atoms with Crippen molar-refractivity contribution in [1.29, 1.82) is 0 Å². The number of aliphatic hydroxyl groups is 1. The molecule has 0 saturated carbocycles. The fourth-order valence-corrected chi connectivity index (χ4v) is 3.08. The van der Waals surface area contributed by atoms with Gasteiger partial charge in [0.25, 0.3) is 5.56 Å². The van der Waals surface area contributed by atoms with Crippen LogP contribution < -0.4 is 11.2 Å². The van der Waals surface area contributed by atoms with Crippen molar-refractivity contribution < 1.29 is 14.6 Å². The van der Waals surface area contributed by atoms with Crippen LogP contribution in [-0.4, -0.2) is 46.2 Å². The second-order valence-corrected chi connectivity index (χ2v) is 5.64. The van der Waals surface area contributed by atoms with Crippen molar-refractivity contribution in [2.75, 3.05) is 19.8 Å². The largest absolute Gasteiger partial charge is 0.393 e. The molecule has 0 aliphatic carbocycles. The molecule has 1 aromatic heterocycles. The lowest BCUT2D eigenvalue weighted by molar-refractivity contribution is -0.130. The summed E-state index contributed by atoms with van der Waals surface area (Å²) < 4.78 is 13.0. The highest BCUT2D eigenvalue weighted by Gasteiger charge is 2.55. The van der Waals surface area contributed by atoms with Gasteiger partial charge in [0.05, 0.1) is 32.0 Å². The molecule has 4 atom stereocenters. The molecule has 2 aliphatic heterocycles. The number of fused-ring (bicyclic) bond motifs is 2. The Balaban J connectivity index is 2.00. The number of H-pyrrole nitrogens is 1. The Kier molecular flexibility index (Phi) is 3.07. The summed E-state index contributed by atoms with van der Waals surface area (Å²) in [4.78, 5) is 25.7. The smallest absolute Gasteiger partial charge is 0.328 e. The van der Waals surface area contributed by atoms with Crippen LogP contribution in [0.4, 0.5) is 0 Å². The number of nitrogens with zero attached hydrogens (tertiary/aromatic N) is 1. The summed E-state index contributed by atoms with van der Waals surface area (Å²) >= 11 is 0. The van der Waals surface area contributed by atoms with E-state index in [0.29, 0.717) is 12.2 Å². The lowest BCUT2D eigenvalue weighted by Gasteiger charge is -2.40. The molecular weight excluding hydrogens is 264 g/mol. The zero-order valence-corrected chi connectivity index (χ0v) is 11.5. The molecule has 2 fully saturated rings. The Hall–Kier alpha value is -1.44. The van der Waals surface area contributed by atoms with Gasteiger partial charge in [0, 0.05) is 17.7 Å². The van der Waals surface area contributed by atoms with Crippen LogP contribution in [-0.2, 0) is 9.47 Å². The molecule has 0 unspecified atom stereocenters. The van der Waals surface area contributed by atoms with E-state index in [-0.39, 0.29) is 36.8 Å². The summed E-state index contributed by atoms with van der Waals surface area (Å²) in [6, 6.07) is -0.296. The molecule has 2 bridgehead atoms. The number of aliphatic hydroxyl groups excluding tert-OH is 1. The minimum atomic E-state index is -0.665. The van der Waals surface area contributed by atoms with E-state index in [1.165, 1.54) is 10.8 Å². The average Bonchev–Trinajstić information content (AvgIpc) is 2.63. The summed E-state index contributed by atoms with van der Waals surface area (Å²) in [6.45, 7) is 4.10. The molecule has 0 aromatic carbocycles. The average molecular weight is 282 g/mol. The first-order valence-electron chi connectivity index (χ1n) is 6.67. The van der Waals surface area contributed by atoms with Gasteiger partial charge in [-0.25, -0.2) is 4.79 Å². The Labute approximate surface area is 115 Å². The van der Waals surface area contributed by atoms with E-state index in [9.17, 15) is 14.7 Å². The zero-order chi connectivity index (χ0) is 14.5. The second kappa shape index (κ2) is 4.54. The topological polar surface area (TPSA) is 93.6 Å². The van der Waals surface area contributed by atoms with Crippen LogP contribution in [0.1, 0.15) is 18.5 Å². The molecule has 2 saturated heterocycles. The molecule has 7 nitrogen and oxygen atoms in total. The minimum absolute atomic E-state index is 0.0228. The molecule has 0 spiro atoms. The Morgan fingerprint density at radius 2 is 2.30 bits per heavy atom. The predicted octanol–water partition coefficient (Wildman–Crippen LogP) is -0.818. The van der Waals surface area contributed by atoms with Crippen LogP contribution in [0.15, 0.2) is 15.8 Å². The quantitative estimate of drug-likeness (QED) is 0.739. The van der Waals surface area contributed by atoms with Crippen molar-refractivity contribution in [3.05, 3.63) is 32.6 Å². The number of nitrogens with one attached hydrogen (secondary N) is 1. The van der Waals surface area contributed by atoms with Gasteiger partial charge < -0.3 is 14.6 Å². The highest BCUT2D eigenvalue weighted by Crippen LogP contribution is 2.43. The molecule has 1 aromatic rings. The fourth-order valence-electron chi connectivity index (χ4n) is 3.08. The SMILES string of the molecule is Cc1cn([C@@H]2CO[C@@]3(CO)CO[C@@H]2[C@@H]3C)c(=O)[nH]c1=O. The fraction of sp³-hybridized carbons (Fsp3) is 0.692. The third-order valence-electron chi connectivity index (χ3n) is 4.53. The van der Waals surface area contributed by atoms with Gasteiger partial charge >= 0.3 is 5.69 Å². The Bertz CT molecular complexity index is 636. The predicted molar refractivity (Wildman–Crippen MR) is 69.8 cm³/mol. The van der Waals surface area contributed by atoms with Crippen molar-refractivity contribution in [1.82, 2.24) is 9.55 Å². The van der Waals surface area contributed by atoms with Gasteiger partial charge in [0.15, 0.2) is 0 Å². The highest BCUT2D eigenvalue weighted by atomic mass is 16.6. The van der Waals surface area contributed by atoms with Crippen LogP contribution in [0.5, 0.6) is 0 Å². The molecular formula is C13H18N2O5. The van der Waals surface area contributed by atoms with Crippen molar-refractivity contribution in [2.24, 2.45) is 5.92 Å². The maximum absolute atomic E-state index is 12.0. The van der Waals surface area contributed by atoms with E-state index in [1.807, 2.05) is 6.92 Å². The molecule has 110 valence electrons. The third-order valence-corrected chi connectivity index (χ3v) is 4.53. The van der Waals surface area contributed by atoms with E-state index < -0.39 is 11.3 Å². The molecule has 3 heterocycles. The second-order valence-electron chi connectivity index (χ2n) is 5.64. The summed E-state index contributed by atoms with van der Waals surface area (Å²) in [5, 5.41) is 9.51. The van der Waals surface area contributed by atoms with E-state index in [2.05, 4.69) is 4.98 Å². The van der Waals surface area contributed by atoms with Crippen molar-refractivity contribution in [3.8, 4) is 0 Å². The summed E-state index contributed by atoms with van der Waals surface area (Å²) in [5.41, 5.74) is -1.04. The number of hydrogen-bond acceptors (Lipinski definition) is 5. The van der Waals surface area contributed by atoms with Crippen LogP contribution in [0.2, 0.25) is 0 Å². The molecule has 7 heteroatoms. The maximum atomic E-state index is 12.0. The molecule has 0 amide bonds. The van der Waals surface area contributed by atoms with E-state index >= 15 is 0 Å². The lowest BCUT2D eigenvalue weighted by Crippen LogP contribution is -2.53. The van der Waals surface area contributed by atoms with Gasteiger partial charge in [0.1, 0.15) is 5.60 Å². The van der Waals surface area contributed by atoms with Crippen LogP contribution >= 0.6 is 0 Å². The van der Waals surface area contributed by atoms with E-state index in [1.54, 1.807) is 6.92 Å². The monoisotopic (exact) mass is 282 g/mol. The van der Waals surface area contributed by atoms with Gasteiger partial charge in [-0.3, -0.25) is 14.3 Å². The van der Waals surface area contributed by atoms with Gasteiger partial charge in [-0.05, 0) is 6.92 Å². The first-order valence-corrected chi connectivity index (χ1v) is 6.67. The van der Waals surface area contributed by atoms with Crippen LogP contribution in [0.3, 0.4) is 0 Å².